The fourth-order valence-corrected chi connectivity index (χ4v) is 3.34. The van der Waals surface area contributed by atoms with Gasteiger partial charge in [-0.05, 0) is 37.6 Å². The summed E-state index contributed by atoms with van der Waals surface area (Å²) in [4.78, 5) is 2.28. The van der Waals surface area contributed by atoms with Crippen LogP contribution in [0.5, 0.6) is 5.75 Å². The molecule has 2 aromatic rings. The van der Waals surface area contributed by atoms with Gasteiger partial charge in [-0.1, -0.05) is 35.9 Å². The molecule has 0 saturated carbocycles. The van der Waals surface area contributed by atoms with Crippen LogP contribution in [0.15, 0.2) is 42.5 Å². The van der Waals surface area contributed by atoms with Gasteiger partial charge in [0, 0.05) is 30.8 Å². The van der Waals surface area contributed by atoms with Crippen LogP contribution in [-0.2, 0) is 17.9 Å². The molecule has 25 heavy (non-hydrogen) atoms. The molecule has 1 aliphatic rings. The van der Waals surface area contributed by atoms with Crippen molar-refractivity contribution in [1.29, 1.82) is 0 Å². The minimum absolute atomic E-state index is 0.114. The average molecular weight is 364 g/mol. The SMILES string of the molecule is CN(Cc1ccccc1OCc1c(F)cccc1Cl)C[C@H]1CCOC1. The lowest BCUT2D eigenvalue weighted by molar-refractivity contribution is 0.172. The number of halogens is 2. The first-order valence-electron chi connectivity index (χ1n) is 8.53. The van der Waals surface area contributed by atoms with Crippen molar-refractivity contribution in [2.45, 2.75) is 19.6 Å². The Morgan fingerprint density at radius 2 is 2.08 bits per heavy atom. The van der Waals surface area contributed by atoms with E-state index < -0.39 is 0 Å². The van der Waals surface area contributed by atoms with E-state index in [9.17, 15) is 4.39 Å². The highest BCUT2D eigenvalue weighted by atomic mass is 35.5. The monoisotopic (exact) mass is 363 g/mol. The quantitative estimate of drug-likeness (QED) is 0.721. The van der Waals surface area contributed by atoms with Crippen LogP contribution < -0.4 is 4.74 Å². The Morgan fingerprint density at radius 1 is 1.24 bits per heavy atom. The molecule has 3 nitrogen and oxygen atoms in total. The second kappa shape index (κ2) is 8.65. The zero-order chi connectivity index (χ0) is 17.6. The lowest BCUT2D eigenvalue weighted by atomic mass is 10.1. The third-order valence-corrected chi connectivity index (χ3v) is 4.79. The van der Waals surface area contributed by atoms with E-state index in [0.29, 0.717) is 16.5 Å². The highest BCUT2D eigenvalue weighted by Gasteiger charge is 2.18. The molecule has 1 saturated heterocycles. The van der Waals surface area contributed by atoms with E-state index in [1.807, 2.05) is 24.3 Å². The molecule has 1 aliphatic heterocycles. The number of para-hydroxylation sites is 1. The molecule has 0 bridgehead atoms. The largest absolute Gasteiger partial charge is 0.488 e. The van der Waals surface area contributed by atoms with Crippen LogP contribution in [0.25, 0.3) is 0 Å². The Morgan fingerprint density at radius 3 is 2.84 bits per heavy atom. The molecule has 2 aromatic carbocycles. The van der Waals surface area contributed by atoms with Gasteiger partial charge in [0.05, 0.1) is 11.6 Å². The maximum Gasteiger partial charge on any atom is 0.131 e. The zero-order valence-corrected chi connectivity index (χ0v) is 15.1. The second-order valence-corrected chi connectivity index (χ2v) is 6.93. The number of hydrogen-bond acceptors (Lipinski definition) is 3. The zero-order valence-electron chi connectivity index (χ0n) is 14.4. The minimum atomic E-state index is -0.344. The minimum Gasteiger partial charge on any atom is -0.488 e. The van der Waals surface area contributed by atoms with Crippen LogP contribution in [0.2, 0.25) is 5.02 Å². The number of ether oxygens (including phenoxy) is 2. The van der Waals surface area contributed by atoms with Gasteiger partial charge < -0.3 is 14.4 Å². The topological polar surface area (TPSA) is 21.7 Å². The second-order valence-electron chi connectivity index (χ2n) is 6.52. The third kappa shape index (κ3) is 4.94. The summed E-state index contributed by atoms with van der Waals surface area (Å²) in [6.07, 6.45) is 1.12. The molecule has 1 atom stereocenters. The molecule has 0 N–H and O–H groups in total. The molecule has 0 aromatic heterocycles. The first-order chi connectivity index (χ1) is 12.1. The van der Waals surface area contributed by atoms with Crippen LogP contribution in [0.1, 0.15) is 17.5 Å². The lowest BCUT2D eigenvalue weighted by Gasteiger charge is -2.21. The van der Waals surface area contributed by atoms with Gasteiger partial charge in [-0.3, -0.25) is 0 Å². The molecule has 0 unspecified atom stereocenters. The van der Waals surface area contributed by atoms with Crippen LogP contribution in [0.4, 0.5) is 4.39 Å². The Kier molecular flexibility index (Phi) is 6.29. The van der Waals surface area contributed by atoms with Gasteiger partial charge in [0.2, 0.25) is 0 Å². The molecular formula is C20H23ClFNO2. The molecule has 0 radical (unpaired) electrons. The standard InChI is InChI=1S/C20H23ClFNO2/c1-23(11-15-9-10-24-13-15)12-16-5-2-3-8-20(16)25-14-17-18(21)6-4-7-19(17)22/h2-8,15H,9-14H2,1H3/t15-/m1/s1. The molecular weight excluding hydrogens is 341 g/mol. The number of hydrogen-bond donors (Lipinski definition) is 0. The first kappa shape index (κ1) is 18.2. The summed E-state index contributed by atoms with van der Waals surface area (Å²) in [5.74, 6) is 1.01. The molecule has 0 aliphatic carbocycles. The number of benzene rings is 2. The van der Waals surface area contributed by atoms with Gasteiger partial charge in [0.15, 0.2) is 0 Å². The van der Waals surface area contributed by atoms with Crippen molar-refractivity contribution >= 4 is 11.6 Å². The first-order valence-corrected chi connectivity index (χ1v) is 8.91. The summed E-state index contributed by atoms with van der Waals surface area (Å²) < 4.78 is 25.2. The Hall–Kier alpha value is -1.62. The summed E-state index contributed by atoms with van der Waals surface area (Å²) in [7, 11) is 2.10. The number of rotatable bonds is 7. The highest BCUT2D eigenvalue weighted by molar-refractivity contribution is 6.31. The van der Waals surface area contributed by atoms with Gasteiger partial charge in [-0.15, -0.1) is 0 Å². The van der Waals surface area contributed by atoms with Crippen molar-refractivity contribution < 1.29 is 13.9 Å². The third-order valence-electron chi connectivity index (χ3n) is 4.44. The summed E-state index contributed by atoms with van der Waals surface area (Å²) >= 11 is 6.07. The maximum atomic E-state index is 13.9. The van der Waals surface area contributed by atoms with E-state index in [4.69, 9.17) is 21.1 Å². The summed E-state index contributed by atoms with van der Waals surface area (Å²) in [5.41, 5.74) is 1.46. The van der Waals surface area contributed by atoms with Crippen molar-refractivity contribution in [3.8, 4) is 5.75 Å². The van der Waals surface area contributed by atoms with Crippen molar-refractivity contribution in [2.75, 3.05) is 26.8 Å². The van der Waals surface area contributed by atoms with E-state index in [0.717, 1.165) is 44.0 Å². The smallest absolute Gasteiger partial charge is 0.131 e. The fourth-order valence-electron chi connectivity index (χ4n) is 3.12. The van der Waals surface area contributed by atoms with Crippen molar-refractivity contribution in [3.05, 3.63) is 64.4 Å². The molecule has 0 amide bonds. The Balaban J connectivity index is 1.64. The molecule has 5 heteroatoms. The predicted octanol–water partition coefficient (Wildman–Crippen LogP) is 4.53. The van der Waals surface area contributed by atoms with E-state index in [1.165, 1.54) is 6.07 Å². The fraction of sp³-hybridized carbons (Fsp3) is 0.400. The van der Waals surface area contributed by atoms with Crippen molar-refractivity contribution in [3.63, 3.8) is 0 Å². The van der Waals surface area contributed by atoms with E-state index in [1.54, 1.807) is 12.1 Å². The Bertz CT molecular complexity index is 684. The average Bonchev–Trinajstić information content (AvgIpc) is 3.08. The van der Waals surface area contributed by atoms with Gasteiger partial charge >= 0.3 is 0 Å². The summed E-state index contributed by atoms with van der Waals surface area (Å²) in [5, 5.41) is 0.385. The lowest BCUT2D eigenvalue weighted by Crippen LogP contribution is -2.25. The van der Waals surface area contributed by atoms with E-state index in [2.05, 4.69) is 11.9 Å². The molecule has 1 fully saturated rings. The number of nitrogens with zero attached hydrogens (tertiary/aromatic N) is 1. The molecule has 1 heterocycles. The van der Waals surface area contributed by atoms with Crippen LogP contribution >= 0.6 is 11.6 Å². The van der Waals surface area contributed by atoms with Gasteiger partial charge in [-0.25, -0.2) is 4.39 Å². The van der Waals surface area contributed by atoms with Crippen LogP contribution in [-0.4, -0.2) is 31.7 Å². The summed E-state index contributed by atoms with van der Waals surface area (Å²) in [6, 6.07) is 12.5. The Labute approximate surface area is 153 Å². The van der Waals surface area contributed by atoms with Gasteiger partial charge in [0.25, 0.3) is 0 Å². The van der Waals surface area contributed by atoms with E-state index >= 15 is 0 Å². The highest BCUT2D eigenvalue weighted by Crippen LogP contribution is 2.25. The maximum absolute atomic E-state index is 13.9. The molecule has 134 valence electrons. The normalized spacial score (nSPS) is 17.2. The molecule has 3 rings (SSSR count). The van der Waals surface area contributed by atoms with E-state index in [-0.39, 0.29) is 12.4 Å². The predicted molar refractivity (Wildman–Crippen MR) is 97.4 cm³/mol. The molecule has 0 spiro atoms. The van der Waals surface area contributed by atoms with Crippen molar-refractivity contribution in [2.24, 2.45) is 5.92 Å². The van der Waals surface area contributed by atoms with Gasteiger partial charge in [-0.2, -0.15) is 0 Å². The van der Waals surface area contributed by atoms with Gasteiger partial charge in [0.1, 0.15) is 18.2 Å². The summed E-state index contributed by atoms with van der Waals surface area (Å²) in [6.45, 7) is 3.59. The van der Waals surface area contributed by atoms with Crippen LogP contribution in [0.3, 0.4) is 0 Å². The van der Waals surface area contributed by atoms with Crippen molar-refractivity contribution in [1.82, 2.24) is 4.90 Å². The van der Waals surface area contributed by atoms with Crippen LogP contribution in [0, 0.1) is 11.7 Å².